The van der Waals surface area contributed by atoms with Gasteiger partial charge in [0.2, 0.25) is 5.91 Å². The van der Waals surface area contributed by atoms with Gasteiger partial charge in [-0.25, -0.2) is 9.97 Å². The number of nitrogens with zero attached hydrogens (tertiary/aromatic N) is 4. The van der Waals surface area contributed by atoms with Crippen LogP contribution in [0.4, 0.5) is 10.9 Å². The molecule has 39 heavy (non-hydrogen) atoms. The van der Waals surface area contributed by atoms with Gasteiger partial charge in [-0.3, -0.25) is 14.6 Å². The van der Waals surface area contributed by atoms with Gasteiger partial charge in [0.25, 0.3) is 0 Å². The maximum absolute atomic E-state index is 12.1. The van der Waals surface area contributed by atoms with Crippen molar-refractivity contribution < 1.29 is 14.3 Å². The average molecular weight is 560 g/mol. The highest BCUT2D eigenvalue weighted by atomic mass is 32.2. The fraction of sp³-hybridized carbons (Fsp3) is 0.276. The summed E-state index contributed by atoms with van der Waals surface area (Å²) in [5, 5.41) is 6.16. The molecule has 3 aromatic heterocycles. The largest absolute Gasteiger partial charge is 0.453 e. The topological polar surface area (TPSA) is 97.3 Å². The Morgan fingerprint density at radius 3 is 2.64 bits per heavy atom. The van der Waals surface area contributed by atoms with E-state index in [0.717, 1.165) is 46.5 Å². The predicted molar refractivity (Wildman–Crippen MR) is 153 cm³/mol. The van der Waals surface area contributed by atoms with Gasteiger partial charge in [0, 0.05) is 66.0 Å². The molecule has 1 fully saturated rings. The van der Waals surface area contributed by atoms with Crippen LogP contribution < -0.4 is 10.1 Å². The van der Waals surface area contributed by atoms with Gasteiger partial charge in [-0.2, -0.15) is 0 Å². The number of anilines is 2. The molecule has 1 aromatic carbocycles. The molecular formula is C29H29N5O3S2. The molecular weight excluding hydrogens is 530 g/mol. The molecule has 0 radical (unpaired) electrons. The fourth-order valence-electron chi connectivity index (χ4n) is 4.34. The Bertz CT molecular complexity index is 1450. The third kappa shape index (κ3) is 6.82. The fourth-order valence-corrected chi connectivity index (χ4v) is 5.97. The molecule has 0 atom stereocenters. The number of nitrogens with one attached hydrogen (secondary N) is 1. The molecule has 0 bridgehead atoms. The van der Waals surface area contributed by atoms with Crippen molar-refractivity contribution in [2.24, 2.45) is 0 Å². The van der Waals surface area contributed by atoms with Crippen LogP contribution in [0.2, 0.25) is 0 Å². The molecule has 0 aliphatic carbocycles. The maximum Gasteiger partial charge on any atom is 0.219 e. The Balaban J connectivity index is 1.35. The zero-order valence-electron chi connectivity index (χ0n) is 21.8. The van der Waals surface area contributed by atoms with E-state index in [0.29, 0.717) is 35.3 Å². The molecule has 1 saturated heterocycles. The first kappa shape index (κ1) is 26.8. The number of carbonyl (C=O) groups is 2. The number of para-hydroxylation sites is 1. The lowest BCUT2D eigenvalue weighted by Crippen LogP contribution is -2.36. The molecule has 1 aliphatic rings. The van der Waals surface area contributed by atoms with E-state index in [1.807, 2.05) is 54.3 Å². The predicted octanol–water partition coefficient (Wildman–Crippen LogP) is 6.94. The van der Waals surface area contributed by atoms with Gasteiger partial charge in [-0.1, -0.05) is 36.9 Å². The molecule has 200 valence electrons. The first-order valence-electron chi connectivity index (χ1n) is 12.9. The normalized spacial score (nSPS) is 13.7. The van der Waals surface area contributed by atoms with E-state index >= 15 is 0 Å². The number of Topliss-reactive ketones (excluding diaryl/α,β-unsaturated/α-hetero) is 1. The van der Waals surface area contributed by atoms with Crippen molar-refractivity contribution in [3.63, 3.8) is 0 Å². The summed E-state index contributed by atoms with van der Waals surface area (Å²) in [6.07, 6.45) is 5.67. The number of hydrogen-bond acceptors (Lipinski definition) is 9. The molecule has 1 aliphatic heterocycles. The quantitative estimate of drug-likeness (QED) is 0.220. The Hall–Kier alpha value is -3.76. The SMILES string of the molecule is CCC(=O)c1cc(Sc2cnc(Nc3nc(C4CCN(C(C)=O)CC4)cs3)c(Oc3ccccc3)c2)ccn1. The highest BCUT2D eigenvalue weighted by molar-refractivity contribution is 7.99. The number of benzene rings is 1. The monoisotopic (exact) mass is 559 g/mol. The summed E-state index contributed by atoms with van der Waals surface area (Å²) in [6, 6.07) is 15.2. The third-order valence-electron chi connectivity index (χ3n) is 6.48. The van der Waals surface area contributed by atoms with Crippen molar-refractivity contribution in [2.45, 2.75) is 48.8 Å². The van der Waals surface area contributed by atoms with Crippen molar-refractivity contribution in [1.29, 1.82) is 0 Å². The molecule has 0 spiro atoms. The lowest BCUT2D eigenvalue weighted by atomic mass is 9.94. The van der Waals surface area contributed by atoms with Crippen LogP contribution in [0.5, 0.6) is 11.5 Å². The van der Waals surface area contributed by atoms with E-state index < -0.39 is 0 Å². The number of likely N-dealkylation sites (tertiary alicyclic amines) is 1. The Morgan fingerprint density at radius 2 is 1.90 bits per heavy atom. The molecule has 1 amide bonds. The van der Waals surface area contributed by atoms with Crippen LogP contribution in [-0.4, -0.2) is 44.6 Å². The van der Waals surface area contributed by atoms with Crippen LogP contribution in [0.3, 0.4) is 0 Å². The average Bonchev–Trinajstić information content (AvgIpc) is 3.43. The minimum atomic E-state index is 0.00967. The van der Waals surface area contributed by atoms with Crippen LogP contribution >= 0.6 is 23.1 Å². The summed E-state index contributed by atoms with van der Waals surface area (Å²) in [5.74, 6) is 2.30. The lowest BCUT2D eigenvalue weighted by molar-refractivity contribution is -0.129. The van der Waals surface area contributed by atoms with Crippen molar-refractivity contribution in [3.8, 4) is 11.5 Å². The second kappa shape index (κ2) is 12.4. The standard InChI is InChI=1S/C29H29N5O3S2/c1-3-26(36)24-15-22(9-12-30-24)39-23-16-27(37-21-7-5-4-6-8-21)28(31-17-23)33-29-32-25(18-38-29)20-10-13-34(14-11-20)19(2)35/h4-9,12,15-18,20H,3,10-11,13-14H2,1-2H3,(H,31,32,33). The van der Waals surface area contributed by atoms with Gasteiger partial charge in [0.15, 0.2) is 22.5 Å². The van der Waals surface area contributed by atoms with Gasteiger partial charge in [-0.05, 0) is 37.1 Å². The zero-order chi connectivity index (χ0) is 27.2. The highest BCUT2D eigenvalue weighted by Crippen LogP contribution is 2.37. The van der Waals surface area contributed by atoms with Crippen molar-refractivity contribution in [1.82, 2.24) is 19.9 Å². The number of ketones is 1. The number of aromatic nitrogens is 3. The summed E-state index contributed by atoms with van der Waals surface area (Å²) >= 11 is 3.02. The molecule has 1 N–H and O–H groups in total. The number of piperidine rings is 1. The van der Waals surface area contributed by atoms with Crippen LogP contribution in [0.15, 0.2) is 76.1 Å². The number of rotatable bonds is 9. The van der Waals surface area contributed by atoms with Gasteiger partial charge in [0.05, 0.1) is 5.69 Å². The first-order valence-corrected chi connectivity index (χ1v) is 14.6. The number of carbonyl (C=O) groups excluding carboxylic acids is 2. The summed E-state index contributed by atoms with van der Waals surface area (Å²) < 4.78 is 6.23. The van der Waals surface area contributed by atoms with Crippen molar-refractivity contribution in [3.05, 3.63) is 77.7 Å². The molecule has 0 unspecified atom stereocenters. The second-order valence-corrected chi connectivity index (χ2v) is 11.2. The van der Waals surface area contributed by atoms with E-state index in [1.54, 1.807) is 25.4 Å². The van der Waals surface area contributed by atoms with E-state index in [-0.39, 0.29) is 11.7 Å². The van der Waals surface area contributed by atoms with Crippen molar-refractivity contribution in [2.75, 3.05) is 18.4 Å². The molecule has 4 aromatic rings. The van der Waals surface area contributed by atoms with Gasteiger partial charge in [0.1, 0.15) is 11.4 Å². The molecule has 4 heterocycles. The molecule has 8 nitrogen and oxygen atoms in total. The van der Waals surface area contributed by atoms with E-state index in [9.17, 15) is 9.59 Å². The minimum absolute atomic E-state index is 0.00967. The maximum atomic E-state index is 12.1. The van der Waals surface area contributed by atoms with Gasteiger partial charge >= 0.3 is 0 Å². The van der Waals surface area contributed by atoms with Gasteiger partial charge < -0.3 is 15.0 Å². The minimum Gasteiger partial charge on any atom is -0.453 e. The summed E-state index contributed by atoms with van der Waals surface area (Å²) in [7, 11) is 0. The molecule has 5 rings (SSSR count). The Kier molecular flexibility index (Phi) is 8.53. The Labute approximate surface area is 235 Å². The number of pyridine rings is 2. The van der Waals surface area contributed by atoms with Crippen LogP contribution in [0, 0.1) is 0 Å². The smallest absolute Gasteiger partial charge is 0.219 e. The number of thiazole rings is 1. The number of hydrogen-bond donors (Lipinski definition) is 1. The van der Waals surface area contributed by atoms with E-state index in [4.69, 9.17) is 9.72 Å². The van der Waals surface area contributed by atoms with Crippen LogP contribution in [0.25, 0.3) is 0 Å². The van der Waals surface area contributed by atoms with Gasteiger partial charge in [-0.15, -0.1) is 11.3 Å². The van der Waals surface area contributed by atoms with Crippen LogP contribution in [0.1, 0.15) is 55.2 Å². The number of ether oxygens (including phenoxy) is 1. The summed E-state index contributed by atoms with van der Waals surface area (Å²) in [5.41, 5.74) is 1.50. The summed E-state index contributed by atoms with van der Waals surface area (Å²) in [4.78, 5) is 41.1. The Morgan fingerprint density at radius 1 is 1.10 bits per heavy atom. The summed E-state index contributed by atoms with van der Waals surface area (Å²) in [6.45, 7) is 4.98. The lowest BCUT2D eigenvalue weighted by Gasteiger charge is -2.30. The third-order valence-corrected chi connectivity index (χ3v) is 8.20. The molecule has 0 saturated carbocycles. The first-order chi connectivity index (χ1) is 19.0. The number of amides is 1. The van der Waals surface area contributed by atoms with E-state index in [2.05, 4.69) is 20.7 Å². The van der Waals surface area contributed by atoms with Crippen molar-refractivity contribution >= 4 is 45.7 Å². The van der Waals surface area contributed by atoms with E-state index in [1.165, 1.54) is 23.1 Å². The highest BCUT2D eigenvalue weighted by Gasteiger charge is 2.24. The zero-order valence-corrected chi connectivity index (χ0v) is 23.4. The molecule has 10 heteroatoms. The van der Waals surface area contributed by atoms with Crippen LogP contribution in [-0.2, 0) is 4.79 Å². The second-order valence-electron chi connectivity index (χ2n) is 9.17.